The molecule has 1 aromatic carbocycles. The fourth-order valence-electron chi connectivity index (χ4n) is 3.55. The van der Waals surface area contributed by atoms with Gasteiger partial charge in [-0.3, -0.25) is 9.59 Å². The van der Waals surface area contributed by atoms with Gasteiger partial charge in [0, 0.05) is 24.2 Å². The molecule has 2 unspecified atom stereocenters. The molecule has 0 bridgehead atoms. The lowest BCUT2D eigenvalue weighted by Crippen LogP contribution is -2.58. The van der Waals surface area contributed by atoms with Gasteiger partial charge in [-0.15, -0.1) is 0 Å². The molecule has 0 aromatic heterocycles. The van der Waals surface area contributed by atoms with E-state index >= 15 is 0 Å². The van der Waals surface area contributed by atoms with Gasteiger partial charge >= 0.3 is 0 Å². The number of carbonyl (C=O) groups excluding carboxylic acids is 2. The van der Waals surface area contributed by atoms with E-state index < -0.39 is 0 Å². The summed E-state index contributed by atoms with van der Waals surface area (Å²) in [6.07, 6.45) is 6.82. The summed E-state index contributed by atoms with van der Waals surface area (Å²) in [5, 5.41) is 0. The average molecular weight is 328 g/mol. The van der Waals surface area contributed by atoms with Gasteiger partial charge in [-0.05, 0) is 38.3 Å². The number of nitrogens with zero attached hydrogens (tertiary/aromatic N) is 2. The second kappa shape index (κ2) is 7.07. The summed E-state index contributed by atoms with van der Waals surface area (Å²) in [6.45, 7) is 2.71. The molecule has 3 rings (SSSR count). The topological polar surface area (TPSA) is 49.9 Å². The minimum atomic E-state index is -0.0542. The number of allylic oxidation sites excluding steroid dienone is 2. The zero-order valence-electron chi connectivity index (χ0n) is 14.3. The van der Waals surface area contributed by atoms with Crippen molar-refractivity contribution in [1.82, 2.24) is 4.90 Å². The Morgan fingerprint density at radius 1 is 1.29 bits per heavy atom. The Hall–Kier alpha value is -2.30. The van der Waals surface area contributed by atoms with Crippen LogP contribution in [0.3, 0.4) is 0 Å². The van der Waals surface area contributed by atoms with Crippen molar-refractivity contribution in [2.75, 3.05) is 25.1 Å². The van der Waals surface area contributed by atoms with E-state index in [4.69, 9.17) is 4.74 Å². The molecule has 2 aliphatic rings. The van der Waals surface area contributed by atoms with E-state index in [1.807, 2.05) is 31.2 Å². The van der Waals surface area contributed by atoms with Crippen LogP contribution in [0.15, 0.2) is 36.4 Å². The molecular weight excluding hydrogens is 304 g/mol. The summed E-state index contributed by atoms with van der Waals surface area (Å²) >= 11 is 0. The lowest BCUT2D eigenvalue weighted by atomic mass is 9.92. The molecule has 2 atom stereocenters. The number of carbonyl (C=O) groups is 2. The maximum atomic E-state index is 12.7. The maximum absolute atomic E-state index is 12.7. The first-order chi connectivity index (χ1) is 11.6. The number of ether oxygens (including phenoxy) is 1. The van der Waals surface area contributed by atoms with Crippen LogP contribution in [0, 0.1) is 5.92 Å². The number of methoxy groups -OCH3 is 1. The number of amides is 2. The summed E-state index contributed by atoms with van der Waals surface area (Å²) in [7, 11) is 1.61. The lowest BCUT2D eigenvalue weighted by molar-refractivity contribution is -0.141. The van der Waals surface area contributed by atoms with E-state index in [0.29, 0.717) is 6.54 Å². The van der Waals surface area contributed by atoms with E-state index in [9.17, 15) is 9.59 Å². The van der Waals surface area contributed by atoms with Crippen LogP contribution in [0.4, 0.5) is 5.69 Å². The first kappa shape index (κ1) is 16.6. The van der Waals surface area contributed by atoms with Crippen LogP contribution in [0.25, 0.3) is 0 Å². The molecular formula is C19H24N2O3. The Balaban J connectivity index is 1.73. The van der Waals surface area contributed by atoms with Crippen LogP contribution in [-0.4, -0.2) is 43.0 Å². The van der Waals surface area contributed by atoms with Gasteiger partial charge in [-0.2, -0.15) is 0 Å². The standard InChI is InChI=1S/C19H24N2O3/c1-14-12-20(19(23)15-7-4-3-5-8-15)13-18(22)21(14)16-9-6-10-17(11-16)24-2/h3-4,6,9-11,14-15H,5,7-8,12-13H2,1-2H3. The highest BCUT2D eigenvalue weighted by Gasteiger charge is 2.35. The number of piperazine rings is 1. The molecule has 2 amide bonds. The molecule has 1 saturated heterocycles. The zero-order valence-corrected chi connectivity index (χ0v) is 14.3. The summed E-state index contributed by atoms with van der Waals surface area (Å²) in [5.41, 5.74) is 0.819. The molecule has 128 valence electrons. The third-order valence-electron chi connectivity index (χ3n) is 4.78. The third-order valence-corrected chi connectivity index (χ3v) is 4.78. The Morgan fingerprint density at radius 3 is 2.79 bits per heavy atom. The first-order valence-corrected chi connectivity index (χ1v) is 8.50. The van der Waals surface area contributed by atoms with Crippen molar-refractivity contribution in [3.8, 4) is 5.75 Å². The molecule has 1 heterocycles. The number of anilines is 1. The normalized spacial score (nSPS) is 24.2. The average Bonchev–Trinajstić information content (AvgIpc) is 2.61. The van der Waals surface area contributed by atoms with Crippen LogP contribution < -0.4 is 9.64 Å². The quantitative estimate of drug-likeness (QED) is 0.802. The molecule has 0 N–H and O–H groups in total. The summed E-state index contributed by atoms with van der Waals surface area (Å²) < 4.78 is 5.25. The van der Waals surface area contributed by atoms with E-state index in [2.05, 4.69) is 12.2 Å². The van der Waals surface area contributed by atoms with Crippen molar-refractivity contribution < 1.29 is 14.3 Å². The Morgan fingerprint density at radius 2 is 2.12 bits per heavy atom. The SMILES string of the molecule is COc1cccc(N2C(=O)CN(C(=O)C3CC=CCC3)CC2C)c1. The summed E-state index contributed by atoms with van der Waals surface area (Å²) in [5.74, 6) is 0.824. The van der Waals surface area contributed by atoms with Crippen LogP contribution in [0.2, 0.25) is 0 Å². The Bertz CT molecular complexity index is 656. The molecule has 0 spiro atoms. The smallest absolute Gasteiger partial charge is 0.246 e. The third kappa shape index (κ3) is 3.30. The zero-order chi connectivity index (χ0) is 17.1. The van der Waals surface area contributed by atoms with Crippen molar-refractivity contribution in [2.24, 2.45) is 5.92 Å². The van der Waals surface area contributed by atoms with Gasteiger partial charge in [-0.25, -0.2) is 0 Å². The van der Waals surface area contributed by atoms with Crippen LogP contribution >= 0.6 is 0 Å². The van der Waals surface area contributed by atoms with E-state index in [0.717, 1.165) is 30.7 Å². The van der Waals surface area contributed by atoms with Crippen molar-refractivity contribution in [3.63, 3.8) is 0 Å². The predicted molar refractivity (Wildman–Crippen MR) is 93.0 cm³/mol. The highest BCUT2D eigenvalue weighted by atomic mass is 16.5. The van der Waals surface area contributed by atoms with Gasteiger partial charge in [0.15, 0.2) is 0 Å². The molecule has 5 heteroatoms. The number of hydrogen-bond donors (Lipinski definition) is 0. The van der Waals surface area contributed by atoms with Gasteiger partial charge in [0.1, 0.15) is 12.3 Å². The minimum absolute atomic E-state index is 0.0263. The van der Waals surface area contributed by atoms with Crippen LogP contribution in [0.5, 0.6) is 5.75 Å². The highest BCUT2D eigenvalue weighted by Crippen LogP contribution is 2.27. The molecule has 24 heavy (non-hydrogen) atoms. The fourth-order valence-corrected chi connectivity index (χ4v) is 3.55. The molecule has 5 nitrogen and oxygen atoms in total. The van der Waals surface area contributed by atoms with Crippen molar-refractivity contribution in [2.45, 2.75) is 32.2 Å². The van der Waals surface area contributed by atoms with Gasteiger partial charge in [0.2, 0.25) is 11.8 Å². The molecule has 1 aromatic rings. The molecule has 1 fully saturated rings. The van der Waals surface area contributed by atoms with E-state index in [1.54, 1.807) is 16.9 Å². The van der Waals surface area contributed by atoms with Crippen molar-refractivity contribution >= 4 is 17.5 Å². The highest BCUT2D eigenvalue weighted by molar-refractivity contribution is 5.99. The molecule has 1 aliphatic heterocycles. The molecule has 1 aliphatic carbocycles. The summed E-state index contributed by atoms with van der Waals surface area (Å²) in [4.78, 5) is 28.9. The van der Waals surface area contributed by atoms with Crippen LogP contribution in [0.1, 0.15) is 26.2 Å². The fraction of sp³-hybridized carbons (Fsp3) is 0.474. The van der Waals surface area contributed by atoms with E-state index in [1.165, 1.54) is 0 Å². The lowest BCUT2D eigenvalue weighted by Gasteiger charge is -2.40. The second-order valence-electron chi connectivity index (χ2n) is 6.51. The van der Waals surface area contributed by atoms with Crippen molar-refractivity contribution in [3.05, 3.63) is 36.4 Å². The van der Waals surface area contributed by atoms with Gasteiger partial charge in [-0.1, -0.05) is 18.2 Å². The van der Waals surface area contributed by atoms with Crippen LogP contribution in [-0.2, 0) is 9.59 Å². The molecule has 0 radical (unpaired) electrons. The van der Waals surface area contributed by atoms with Gasteiger partial charge in [0.05, 0.1) is 13.2 Å². The second-order valence-corrected chi connectivity index (χ2v) is 6.51. The maximum Gasteiger partial charge on any atom is 0.246 e. The first-order valence-electron chi connectivity index (χ1n) is 8.50. The van der Waals surface area contributed by atoms with Gasteiger partial charge < -0.3 is 14.5 Å². The Kier molecular flexibility index (Phi) is 4.88. The molecule has 0 saturated carbocycles. The largest absolute Gasteiger partial charge is 0.497 e. The minimum Gasteiger partial charge on any atom is -0.497 e. The van der Waals surface area contributed by atoms with Gasteiger partial charge in [0.25, 0.3) is 0 Å². The number of rotatable bonds is 3. The monoisotopic (exact) mass is 328 g/mol. The Labute approximate surface area is 142 Å². The summed E-state index contributed by atoms with van der Waals surface area (Å²) in [6, 6.07) is 7.44. The van der Waals surface area contributed by atoms with E-state index in [-0.39, 0.29) is 30.3 Å². The predicted octanol–water partition coefficient (Wildman–Crippen LogP) is 2.62. The number of hydrogen-bond acceptors (Lipinski definition) is 3. The number of benzene rings is 1. The van der Waals surface area contributed by atoms with Crippen molar-refractivity contribution in [1.29, 1.82) is 0 Å².